The number of ether oxygens (including phenoxy) is 1. The van der Waals surface area contributed by atoms with Crippen LogP contribution in [0.1, 0.15) is 110 Å². The van der Waals surface area contributed by atoms with Crippen LogP contribution in [0.25, 0.3) is 0 Å². The van der Waals surface area contributed by atoms with Gasteiger partial charge in [0.25, 0.3) is 0 Å². The third-order valence-corrected chi connectivity index (χ3v) is 5.52. The van der Waals surface area contributed by atoms with E-state index in [0.717, 1.165) is 19.3 Å². The van der Waals surface area contributed by atoms with Gasteiger partial charge in [-0.25, -0.2) is 0 Å². The van der Waals surface area contributed by atoms with Crippen molar-refractivity contribution in [2.24, 2.45) is 5.92 Å². The zero-order valence-electron chi connectivity index (χ0n) is 17.3. The molecule has 0 aromatic carbocycles. The zero-order chi connectivity index (χ0) is 19.0. The number of unbranched alkanes of at least 4 members (excludes halogenated alkanes) is 12. The van der Waals surface area contributed by atoms with Crippen molar-refractivity contribution in [1.29, 1.82) is 0 Å². The van der Waals surface area contributed by atoms with Crippen molar-refractivity contribution in [3.8, 4) is 0 Å². The monoisotopic (exact) mass is 366 g/mol. The van der Waals surface area contributed by atoms with E-state index < -0.39 is 6.10 Å². The first-order chi connectivity index (χ1) is 12.7. The number of aliphatic hydroxyl groups excluding tert-OH is 1. The molecule has 152 valence electrons. The van der Waals surface area contributed by atoms with Gasteiger partial charge in [0.1, 0.15) is 12.2 Å². The van der Waals surface area contributed by atoms with Crippen LogP contribution < -0.4 is 0 Å². The molecule has 1 aliphatic rings. The summed E-state index contributed by atoms with van der Waals surface area (Å²) in [5.41, 5.74) is 0. The highest BCUT2D eigenvalue weighted by molar-refractivity contribution is 5.75. The predicted octanol–water partition coefficient (Wildman–Crippen LogP) is 6.34. The predicted molar refractivity (Wildman–Crippen MR) is 109 cm³/mol. The second-order valence-electron chi connectivity index (χ2n) is 7.97. The lowest BCUT2D eigenvalue weighted by molar-refractivity contribution is -0.143. The Labute approximate surface area is 161 Å². The summed E-state index contributed by atoms with van der Waals surface area (Å²) in [5, 5.41) is 9.90. The van der Waals surface area contributed by atoms with E-state index in [9.17, 15) is 9.90 Å². The number of carbonyl (C=O) groups is 1. The molecule has 1 fully saturated rings. The summed E-state index contributed by atoms with van der Waals surface area (Å²) in [5.74, 6) is -0.500. The van der Waals surface area contributed by atoms with Crippen LogP contribution in [0.4, 0.5) is 0 Å². The molecule has 1 heterocycles. The summed E-state index contributed by atoms with van der Waals surface area (Å²) in [6, 6.07) is 0. The second-order valence-corrected chi connectivity index (χ2v) is 7.97. The molecule has 0 bridgehead atoms. The summed E-state index contributed by atoms with van der Waals surface area (Å²) in [4.78, 5) is 11.6. The van der Waals surface area contributed by atoms with E-state index >= 15 is 0 Å². The van der Waals surface area contributed by atoms with Crippen LogP contribution in [0.3, 0.4) is 0 Å². The van der Waals surface area contributed by atoms with Crippen LogP contribution in [0.2, 0.25) is 0 Å². The summed E-state index contributed by atoms with van der Waals surface area (Å²) >= 11 is 0. The first-order valence-corrected chi connectivity index (χ1v) is 11.2. The van der Waals surface area contributed by atoms with Crippen molar-refractivity contribution in [1.82, 2.24) is 0 Å². The minimum Gasteiger partial charge on any atom is -0.460 e. The highest BCUT2D eigenvalue weighted by Gasteiger charge is 2.40. The van der Waals surface area contributed by atoms with Crippen molar-refractivity contribution in [3.63, 3.8) is 0 Å². The van der Waals surface area contributed by atoms with Gasteiger partial charge in [-0.2, -0.15) is 0 Å². The SMILES string of the molecule is CCCCCCCC/C=C\CCCCCCCC[C@@H]1C(=O)O[C@@H](C)[C@@H]1O. The first-order valence-electron chi connectivity index (χ1n) is 11.2. The molecule has 0 amide bonds. The number of aliphatic hydroxyl groups is 1. The van der Waals surface area contributed by atoms with Crippen LogP contribution in [0.5, 0.6) is 0 Å². The summed E-state index contributed by atoms with van der Waals surface area (Å²) < 4.78 is 5.07. The molecule has 3 nitrogen and oxygen atoms in total. The van der Waals surface area contributed by atoms with Gasteiger partial charge in [-0.3, -0.25) is 4.79 Å². The fourth-order valence-corrected chi connectivity index (χ4v) is 3.71. The molecule has 3 atom stereocenters. The van der Waals surface area contributed by atoms with E-state index in [1.54, 1.807) is 6.92 Å². The van der Waals surface area contributed by atoms with Gasteiger partial charge in [-0.15, -0.1) is 0 Å². The van der Waals surface area contributed by atoms with E-state index in [1.165, 1.54) is 77.0 Å². The lowest BCUT2D eigenvalue weighted by Gasteiger charge is -2.11. The Kier molecular flexibility index (Phi) is 13.6. The molecule has 3 heteroatoms. The lowest BCUT2D eigenvalue weighted by atomic mass is 9.95. The molecule has 0 saturated carbocycles. The molecule has 0 spiro atoms. The van der Waals surface area contributed by atoms with Gasteiger partial charge >= 0.3 is 5.97 Å². The minimum absolute atomic E-state index is 0.210. The summed E-state index contributed by atoms with van der Waals surface area (Å²) in [7, 11) is 0. The third kappa shape index (κ3) is 10.4. The van der Waals surface area contributed by atoms with Gasteiger partial charge in [0, 0.05) is 0 Å². The highest BCUT2D eigenvalue weighted by Crippen LogP contribution is 2.26. The maximum absolute atomic E-state index is 11.6. The molecular formula is C23H42O3. The van der Waals surface area contributed by atoms with Crippen molar-refractivity contribution in [2.45, 2.75) is 122 Å². The Balaban J connectivity index is 1.82. The van der Waals surface area contributed by atoms with Gasteiger partial charge < -0.3 is 9.84 Å². The number of esters is 1. The van der Waals surface area contributed by atoms with E-state index in [4.69, 9.17) is 4.74 Å². The van der Waals surface area contributed by atoms with Crippen LogP contribution in [0, 0.1) is 5.92 Å². The van der Waals surface area contributed by atoms with E-state index in [1.807, 2.05) is 0 Å². The summed E-state index contributed by atoms with van der Waals surface area (Å²) in [6.07, 6.45) is 22.6. The Morgan fingerprint density at radius 2 is 1.35 bits per heavy atom. The maximum atomic E-state index is 11.6. The quantitative estimate of drug-likeness (QED) is 0.197. The number of hydrogen-bond acceptors (Lipinski definition) is 3. The fraction of sp³-hybridized carbons (Fsp3) is 0.870. The van der Waals surface area contributed by atoms with Gasteiger partial charge in [-0.1, -0.05) is 83.3 Å². The smallest absolute Gasteiger partial charge is 0.312 e. The van der Waals surface area contributed by atoms with Gasteiger partial charge in [0.2, 0.25) is 0 Å². The topological polar surface area (TPSA) is 46.5 Å². The average molecular weight is 367 g/mol. The van der Waals surface area contributed by atoms with Gasteiger partial charge in [-0.05, 0) is 39.0 Å². The molecule has 1 aliphatic heterocycles. The number of allylic oxidation sites excluding steroid dienone is 2. The molecule has 1 saturated heterocycles. The Morgan fingerprint density at radius 3 is 1.85 bits per heavy atom. The van der Waals surface area contributed by atoms with Crippen molar-refractivity contribution < 1.29 is 14.6 Å². The second kappa shape index (κ2) is 15.2. The van der Waals surface area contributed by atoms with Crippen LogP contribution >= 0.6 is 0 Å². The molecular weight excluding hydrogens is 324 g/mol. The van der Waals surface area contributed by atoms with Crippen molar-refractivity contribution in [2.75, 3.05) is 0 Å². The first kappa shape index (κ1) is 23.2. The number of rotatable bonds is 16. The Bertz CT molecular complexity index is 378. The minimum atomic E-state index is -0.606. The van der Waals surface area contributed by atoms with Gasteiger partial charge in [0.05, 0.1) is 5.92 Å². The normalized spacial score (nSPS) is 23.0. The maximum Gasteiger partial charge on any atom is 0.312 e. The molecule has 1 N–H and O–H groups in total. The van der Waals surface area contributed by atoms with Crippen LogP contribution in [-0.2, 0) is 9.53 Å². The average Bonchev–Trinajstić information content (AvgIpc) is 2.87. The molecule has 0 aromatic rings. The van der Waals surface area contributed by atoms with E-state index in [0.29, 0.717) is 0 Å². The van der Waals surface area contributed by atoms with Gasteiger partial charge in [0.15, 0.2) is 0 Å². The van der Waals surface area contributed by atoms with Crippen LogP contribution in [-0.4, -0.2) is 23.3 Å². The van der Waals surface area contributed by atoms with Crippen molar-refractivity contribution in [3.05, 3.63) is 12.2 Å². The largest absolute Gasteiger partial charge is 0.460 e. The van der Waals surface area contributed by atoms with Crippen molar-refractivity contribution >= 4 is 5.97 Å². The number of carbonyl (C=O) groups excluding carboxylic acids is 1. The summed E-state index contributed by atoms with van der Waals surface area (Å²) in [6.45, 7) is 4.03. The molecule has 1 rings (SSSR count). The zero-order valence-corrected chi connectivity index (χ0v) is 17.3. The number of cyclic esters (lactones) is 1. The standard InChI is InChI=1S/C23H42O3/c1-3-4-5-6-7-8-9-10-11-12-13-14-15-16-17-18-19-21-22(24)20(2)26-23(21)25/h10-11,20-22,24H,3-9,12-19H2,1-2H3/b11-10-/t20-,21-,22-/m0/s1. The van der Waals surface area contributed by atoms with E-state index in [2.05, 4.69) is 19.1 Å². The molecule has 0 radical (unpaired) electrons. The third-order valence-electron chi connectivity index (χ3n) is 5.52. The fourth-order valence-electron chi connectivity index (χ4n) is 3.71. The van der Waals surface area contributed by atoms with Crippen LogP contribution in [0.15, 0.2) is 12.2 Å². The lowest BCUT2D eigenvalue weighted by Crippen LogP contribution is -2.24. The molecule has 26 heavy (non-hydrogen) atoms. The Morgan fingerprint density at radius 1 is 0.846 bits per heavy atom. The molecule has 0 unspecified atom stereocenters. The van der Waals surface area contributed by atoms with E-state index in [-0.39, 0.29) is 18.0 Å². The molecule has 0 aliphatic carbocycles. The number of hydrogen-bond donors (Lipinski definition) is 1. The highest BCUT2D eigenvalue weighted by atomic mass is 16.6. The molecule has 0 aromatic heterocycles. The Hall–Kier alpha value is -0.830.